The van der Waals surface area contributed by atoms with Gasteiger partial charge in [0.15, 0.2) is 0 Å². The van der Waals surface area contributed by atoms with E-state index >= 15 is 0 Å². The van der Waals surface area contributed by atoms with E-state index in [0.29, 0.717) is 5.88 Å². The van der Waals surface area contributed by atoms with Gasteiger partial charge in [0.25, 0.3) is 5.88 Å². The molecule has 0 bridgehead atoms. The van der Waals surface area contributed by atoms with Gasteiger partial charge in [0.05, 0.1) is 18.9 Å². The van der Waals surface area contributed by atoms with Crippen molar-refractivity contribution >= 4 is 5.97 Å². The molecule has 2 heterocycles. The first-order valence-electron chi connectivity index (χ1n) is 5.05. The van der Waals surface area contributed by atoms with Crippen LogP contribution in [0.4, 0.5) is 0 Å². The zero-order valence-electron chi connectivity index (χ0n) is 9.82. The highest BCUT2D eigenvalue weighted by Crippen LogP contribution is 2.24. The number of methoxy groups -OCH3 is 1. The molecule has 94 valence electrons. The second-order valence-corrected chi connectivity index (χ2v) is 3.43. The SMILES string of the molecule is COc1cc(C(=O)Oc2cnn(C)c2O)ccn1. The van der Waals surface area contributed by atoms with Crippen LogP contribution in [0.5, 0.6) is 17.5 Å². The molecule has 0 amide bonds. The largest absolute Gasteiger partial charge is 0.491 e. The van der Waals surface area contributed by atoms with Crippen LogP contribution in [0.3, 0.4) is 0 Å². The second-order valence-electron chi connectivity index (χ2n) is 3.43. The highest BCUT2D eigenvalue weighted by molar-refractivity contribution is 5.91. The normalized spacial score (nSPS) is 10.1. The Labute approximate surface area is 103 Å². The summed E-state index contributed by atoms with van der Waals surface area (Å²) in [5.74, 6) is -0.540. The van der Waals surface area contributed by atoms with Gasteiger partial charge in [-0.05, 0) is 6.07 Å². The minimum atomic E-state index is -0.626. The van der Waals surface area contributed by atoms with Gasteiger partial charge in [-0.25, -0.2) is 14.5 Å². The molecule has 2 rings (SSSR count). The number of esters is 1. The molecule has 0 aliphatic rings. The van der Waals surface area contributed by atoms with E-state index in [2.05, 4.69) is 10.1 Å². The monoisotopic (exact) mass is 249 g/mol. The molecule has 0 aliphatic carbocycles. The van der Waals surface area contributed by atoms with Crippen molar-refractivity contribution in [2.24, 2.45) is 7.05 Å². The van der Waals surface area contributed by atoms with Crippen LogP contribution in [0.15, 0.2) is 24.5 Å². The van der Waals surface area contributed by atoms with Gasteiger partial charge in [-0.15, -0.1) is 0 Å². The fourth-order valence-electron chi connectivity index (χ4n) is 1.29. The van der Waals surface area contributed by atoms with Crippen LogP contribution in [-0.2, 0) is 7.05 Å². The van der Waals surface area contributed by atoms with Crippen molar-refractivity contribution in [3.05, 3.63) is 30.1 Å². The Morgan fingerprint density at radius 3 is 2.89 bits per heavy atom. The molecule has 0 aromatic carbocycles. The first kappa shape index (κ1) is 11.9. The van der Waals surface area contributed by atoms with E-state index in [0.717, 1.165) is 0 Å². The predicted octanol–water partition coefficient (Wildman–Crippen LogP) is 0.748. The maximum Gasteiger partial charge on any atom is 0.344 e. The molecule has 0 aliphatic heterocycles. The Kier molecular flexibility index (Phi) is 3.13. The topological polar surface area (TPSA) is 86.5 Å². The average Bonchev–Trinajstić information content (AvgIpc) is 2.71. The Hall–Kier alpha value is -2.57. The summed E-state index contributed by atoms with van der Waals surface area (Å²) in [5.41, 5.74) is 0.269. The molecule has 1 N–H and O–H groups in total. The summed E-state index contributed by atoms with van der Waals surface area (Å²) in [5, 5.41) is 13.3. The quantitative estimate of drug-likeness (QED) is 0.808. The van der Waals surface area contributed by atoms with E-state index in [1.807, 2.05) is 0 Å². The number of aromatic hydroxyl groups is 1. The van der Waals surface area contributed by atoms with Crippen LogP contribution in [0, 0.1) is 0 Å². The van der Waals surface area contributed by atoms with Gasteiger partial charge in [0, 0.05) is 19.3 Å². The molecule has 0 spiro atoms. The average molecular weight is 249 g/mol. The zero-order chi connectivity index (χ0) is 13.1. The first-order valence-corrected chi connectivity index (χ1v) is 5.05. The Bertz CT molecular complexity index is 579. The number of hydrogen-bond donors (Lipinski definition) is 1. The smallest absolute Gasteiger partial charge is 0.344 e. The number of hydrogen-bond acceptors (Lipinski definition) is 6. The third kappa shape index (κ3) is 2.24. The van der Waals surface area contributed by atoms with Crippen molar-refractivity contribution in [2.75, 3.05) is 7.11 Å². The molecule has 0 saturated carbocycles. The summed E-state index contributed by atoms with van der Waals surface area (Å²) < 4.78 is 11.1. The van der Waals surface area contributed by atoms with Gasteiger partial charge in [-0.3, -0.25) is 0 Å². The summed E-state index contributed by atoms with van der Waals surface area (Å²) in [7, 11) is 2.98. The summed E-state index contributed by atoms with van der Waals surface area (Å²) in [6.45, 7) is 0. The highest BCUT2D eigenvalue weighted by Gasteiger charge is 2.15. The summed E-state index contributed by atoms with van der Waals surface area (Å²) in [6.07, 6.45) is 2.68. The van der Waals surface area contributed by atoms with Crippen molar-refractivity contribution in [1.82, 2.24) is 14.8 Å². The van der Waals surface area contributed by atoms with Crippen LogP contribution in [0.25, 0.3) is 0 Å². The van der Waals surface area contributed by atoms with Crippen LogP contribution in [0.1, 0.15) is 10.4 Å². The van der Waals surface area contributed by atoms with Crippen molar-refractivity contribution in [2.45, 2.75) is 0 Å². The first-order chi connectivity index (χ1) is 8.61. The molecule has 0 saturated heterocycles. The maximum absolute atomic E-state index is 11.8. The number of aryl methyl sites for hydroxylation is 1. The number of pyridine rings is 1. The number of carbonyl (C=O) groups excluding carboxylic acids is 1. The number of ether oxygens (including phenoxy) is 2. The maximum atomic E-state index is 11.8. The fraction of sp³-hybridized carbons (Fsp3) is 0.182. The van der Waals surface area contributed by atoms with E-state index in [1.165, 1.54) is 43.4 Å². The third-order valence-corrected chi connectivity index (χ3v) is 2.26. The summed E-state index contributed by atoms with van der Waals surface area (Å²) in [6, 6.07) is 2.92. The van der Waals surface area contributed by atoms with Gasteiger partial charge < -0.3 is 14.6 Å². The van der Waals surface area contributed by atoms with Gasteiger partial charge in [-0.2, -0.15) is 5.10 Å². The van der Waals surface area contributed by atoms with Gasteiger partial charge in [0.2, 0.25) is 11.6 Å². The number of nitrogens with zero attached hydrogens (tertiary/aromatic N) is 3. The van der Waals surface area contributed by atoms with Gasteiger partial charge >= 0.3 is 5.97 Å². The molecule has 7 heteroatoms. The van der Waals surface area contributed by atoms with Crippen LogP contribution >= 0.6 is 0 Å². The Morgan fingerprint density at radius 1 is 1.50 bits per heavy atom. The minimum absolute atomic E-state index is 0.00159. The zero-order valence-corrected chi connectivity index (χ0v) is 9.82. The van der Waals surface area contributed by atoms with Crippen molar-refractivity contribution < 1.29 is 19.4 Å². The molecule has 7 nitrogen and oxygen atoms in total. The van der Waals surface area contributed by atoms with Gasteiger partial charge in [0.1, 0.15) is 0 Å². The number of rotatable bonds is 3. The number of aromatic nitrogens is 3. The van der Waals surface area contributed by atoms with Crippen molar-refractivity contribution in [3.63, 3.8) is 0 Å². The lowest BCUT2D eigenvalue weighted by Crippen LogP contribution is -2.08. The van der Waals surface area contributed by atoms with Crippen molar-refractivity contribution in [3.8, 4) is 17.5 Å². The van der Waals surface area contributed by atoms with Crippen LogP contribution < -0.4 is 9.47 Å². The van der Waals surface area contributed by atoms with E-state index < -0.39 is 5.97 Å². The second kappa shape index (κ2) is 4.74. The predicted molar refractivity (Wildman–Crippen MR) is 60.6 cm³/mol. The molecule has 0 unspecified atom stereocenters. The molecule has 2 aromatic heterocycles. The lowest BCUT2D eigenvalue weighted by molar-refractivity contribution is 0.0728. The molecule has 2 aromatic rings. The summed E-state index contributed by atoms with van der Waals surface area (Å²) in [4.78, 5) is 15.7. The molecule has 0 atom stereocenters. The number of carbonyl (C=O) groups is 1. The lowest BCUT2D eigenvalue weighted by Gasteiger charge is -2.03. The van der Waals surface area contributed by atoms with Gasteiger partial charge in [-0.1, -0.05) is 0 Å². The molecule has 18 heavy (non-hydrogen) atoms. The van der Waals surface area contributed by atoms with E-state index in [9.17, 15) is 9.90 Å². The highest BCUT2D eigenvalue weighted by atomic mass is 16.5. The minimum Gasteiger partial charge on any atom is -0.491 e. The van der Waals surface area contributed by atoms with E-state index in [-0.39, 0.29) is 17.2 Å². The van der Waals surface area contributed by atoms with E-state index in [4.69, 9.17) is 9.47 Å². The molecular formula is C11H11N3O4. The molecular weight excluding hydrogens is 238 g/mol. The standard InChI is InChI=1S/C11H11N3O4/c1-14-10(15)8(6-13-14)18-11(16)7-3-4-12-9(5-7)17-2/h3-6,15H,1-2H3. The van der Waals surface area contributed by atoms with Crippen LogP contribution in [-0.4, -0.2) is 33.0 Å². The van der Waals surface area contributed by atoms with Crippen LogP contribution in [0.2, 0.25) is 0 Å². The van der Waals surface area contributed by atoms with E-state index in [1.54, 1.807) is 0 Å². The Balaban J connectivity index is 2.19. The third-order valence-electron chi connectivity index (χ3n) is 2.26. The molecule has 0 fully saturated rings. The fourth-order valence-corrected chi connectivity index (χ4v) is 1.29. The van der Waals surface area contributed by atoms with Crippen molar-refractivity contribution in [1.29, 1.82) is 0 Å². The molecule has 0 radical (unpaired) electrons. The lowest BCUT2D eigenvalue weighted by atomic mass is 10.3. The summed E-state index contributed by atoms with van der Waals surface area (Å²) >= 11 is 0. The Morgan fingerprint density at radius 2 is 2.28 bits per heavy atom.